The van der Waals surface area contributed by atoms with Gasteiger partial charge in [-0.1, -0.05) is 60.7 Å². The van der Waals surface area contributed by atoms with Gasteiger partial charge in [0, 0.05) is 23.4 Å². The Kier molecular flexibility index (Phi) is 4.40. The van der Waals surface area contributed by atoms with Crippen LogP contribution in [-0.4, -0.2) is 19.3 Å². The number of aromatic hydroxyl groups is 1. The third kappa shape index (κ3) is 3.09. The highest BCUT2D eigenvalue weighted by Gasteiger charge is 2.22. The van der Waals surface area contributed by atoms with E-state index in [-0.39, 0.29) is 5.56 Å². The number of fused-ring (bicyclic) bond motifs is 1. The van der Waals surface area contributed by atoms with Crippen LogP contribution in [0, 0.1) is 12.7 Å². The number of benzene rings is 3. The number of nitrogens with zero attached hydrogens (tertiary/aromatic N) is 3. The fourth-order valence-corrected chi connectivity index (χ4v) is 3.87. The highest BCUT2D eigenvalue weighted by molar-refractivity contribution is 5.91. The van der Waals surface area contributed by atoms with Crippen molar-refractivity contribution in [1.29, 1.82) is 0 Å². The lowest BCUT2D eigenvalue weighted by atomic mass is 10.0. The van der Waals surface area contributed by atoms with Gasteiger partial charge in [-0.15, -0.1) is 0 Å². The van der Waals surface area contributed by atoms with E-state index in [0.29, 0.717) is 22.7 Å². The zero-order chi connectivity index (χ0) is 21.5. The molecule has 1 N–H and O–H groups in total. The van der Waals surface area contributed by atoms with Crippen molar-refractivity contribution in [1.82, 2.24) is 14.2 Å². The number of hydrogen-bond acceptors (Lipinski definition) is 3. The number of rotatable bonds is 3. The van der Waals surface area contributed by atoms with Crippen LogP contribution in [-0.2, 0) is 0 Å². The van der Waals surface area contributed by atoms with Crippen LogP contribution < -0.4 is 5.56 Å². The average molecular weight is 411 g/mol. The Hall–Kier alpha value is -4.19. The second kappa shape index (κ2) is 7.25. The number of aryl methyl sites for hydroxylation is 1. The average Bonchev–Trinajstić information content (AvgIpc) is 3.18. The van der Waals surface area contributed by atoms with Crippen molar-refractivity contribution in [3.8, 4) is 33.8 Å². The summed E-state index contributed by atoms with van der Waals surface area (Å²) in [5.41, 5.74) is 4.53. The van der Waals surface area contributed by atoms with Gasteiger partial charge in [0.05, 0.1) is 11.3 Å². The van der Waals surface area contributed by atoms with Crippen LogP contribution in [0.15, 0.2) is 89.7 Å². The summed E-state index contributed by atoms with van der Waals surface area (Å²) in [5.74, 6) is -1.17. The molecule has 5 nitrogen and oxygen atoms in total. The molecule has 3 aromatic carbocycles. The minimum Gasteiger partial charge on any atom is -0.505 e. The lowest BCUT2D eigenvalue weighted by Crippen LogP contribution is -2.19. The summed E-state index contributed by atoms with van der Waals surface area (Å²) in [6, 6.07) is 24.9. The molecule has 2 aromatic heterocycles. The van der Waals surface area contributed by atoms with Crippen molar-refractivity contribution in [3.63, 3.8) is 0 Å². The quantitative estimate of drug-likeness (QED) is 0.456. The van der Waals surface area contributed by atoms with Crippen LogP contribution in [0.4, 0.5) is 4.39 Å². The topological polar surface area (TPSA) is 59.5 Å². The van der Waals surface area contributed by atoms with E-state index < -0.39 is 11.6 Å². The minimum absolute atomic E-state index is 0.276. The van der Waals surface area contributed by atoms with Gasteiger partial charge in [-0.05, 0) is 24.6 Å². The van der Waals surface area contributed by atoms with E-state index in [1.54, 1.807) is 17.6 Å². The highest BCUT2D eigenvalue weighted by Crippen LogP contribution is 2.36. The van der Waals surface area contributed by atoms with E-state index in [1.807, 2.05) is 60.7 Å². The molecule has 0 saturated carbocycles. The van der Waals surface area contributed by atoms with Gasteiger partial charge in [-0.2, -0.15) is 9.61 Å². The minimum atomic E-state index is -0.738. The van der Waals surface area contributed by atoms with Gasteiger partial charge >= 0.3 is 0 Å². The standard InChI is InChI=1S/C25H18FN3O2/c1-16-14-22(31)29-25(28(16)19-12-13-21(30)20(26)15-19)23(17-8-4-2-5-9-17)24(27-29)18-10-6-3-7-11-18/h2-15,30H,1H3. The van der Waals surface area contributed by atoms with Gasteiger partial charge in [0.25, 0.3) is 5.56 Å². The third-order valence-electron chi connectivity index (χ3n) is 5.27. The van der Waals surface area contributed by atoms with E-state index in [9.17, 15) is 14.3 Å². The lowest BCUT2D eigenvalue weighted by Gasteiger charge is -2.15. The van der Waals surface area contributed by atoms with Crippen molar-refractivity contribution in [2.24, 2.45) is 0 Å². The first-order valence-electron chi connectivity index (χ1n) is 9.80. The van der Waals surface area contributed by atoms with Crippen molar-refractivity contribution < 1.29 is 9.50 Å². The highest BCUT2D eigenvalue weighted by atomic mass is 19.1. The third-order valence-corrected chi connectivity index (χ3v) is 5.27. The van der Waals surface area contributed by atoms with E-state index in [2.05, 4.69) is 5.10 Å². The number of aromatic nitrogens is 3. The molecule has 0 aliphatic heterocycles. The monoisotopic (exact) mass is 411 g/mol. The molecule has 0 saturated heterocycles. The summed E-state index contributed by atoms with van der Waals surface area (Å²) < 4.78 is 17.4. The Morgan fingerprint density at radius 2 is 1.52 bits per heavy atom. The molecule has 0 fully saturated rings. The van der Waals surface area contributed by atoms with E-state index in [0.717, 1.165) is 16.7 Å². The first-order chi connectivity index (χ1) is 15.0. The molecular formula is C25H18FN3O2. The van der Waals surface area contributed by atoms with Gasteiger partial charge in [0.1, 0.15) is 5.69 Å². The largest absolute Gasteiger partial charge is 0.505 e. The van der Waals surface area contributed by atoms with E-state index in [1.165, 1.54) is 22.7 Å². The molecule has 0 bridgehead atoms. The normalized spacial score (nSPS) is 11.2. The van der Waals surface area contributed by atoms with Gasteiger partial charge in [-0.3, -0.25) is 9.36 Å². The van der Waals surface area contributed by atoms with Gasteiger partial charge in [0.2, 0.25) is 0 Å². The van der Waals surface area contributed by atoms with E-state index in [4.69, 9.17) is 0 Å². The summed E-state index contributed by atoms with van der Waals surface area (Å²) >= 11 is 0. The number of hydrogen-bond donors (Lipinski definition) is 1. The smallest absolute Gasteiger partial charge is 0.274 e. The van der Waals surface area contributed by atoms with Crippen molar-refractivity contribution in [2.75, 3.05) is 0 Å². The van der Waals surface area contributed by atoms with Gasteiger partial charge in [0.15, 0.2) is 17.2 Å². The van der Waals surface area contributed by atoms with E-state index >= 15 is 0 Å². The lowest BCUT2D eigenvalue weighted by molar-refractivity contribution is 0.432. The molecular weight excluding hydrogens is 393 g/mol. The van der Waals surface area contributed by atoms with Crippen molar-refractivity contribution in [3.05, 3.63) is 107 Å². The van der Waals surface area contributed by atoms with Gasteiger partial charge < -0.3 is 5.11 Å². The van der Waals surface area contributed by atoms with Crippen LogP contribution in [0.5, 0.6) is 5.75 Å². The van der Waals surface area contributed by atoms with Crippen LogP contribution >= 0.6 is 0 Å². The molecule has 0 radical (unpaired) electrons. The SMILES string of the molecule is Cc1cc(=O)n2nc(-c3ccccc3)c(-c3ccccc3)c2n1-c1ccc(O)c(F)c1. The van der Waals surface area contributed by atoms with Crippen LogP contribution in [0.3, 0.4) is 0 Å². The molecule has 0 aliphatic carbocycles. The summed E-state index contributed by atoms with van der Waals surface area (Å²) in [5, 5.41) is 14.3. The summed E-state index contributed by atoms with van der Waals surface area (Å²) in [4.78, 5) is 12.9. The molecule has 0 spiro atoms. The fraction of sp³-hybridized carbons (Fsp3) is 0.0400. The number of phenols is 1. The predicted octanol–water partition coefficient (Wildman–Crippen LogP) is 4.97. The molecule has 152 valence electrons. The Morgan fingerprint density at radius 3 is 2.16 bits per heavy atom. The maximum absolute atomic E-state index is 14.2. The predicted molar refractivity (Wildman–Crippen MR) is 118 cm³/mol. The second-order valence-corrected chi connectivity index (χ2v) is 7.29. The zero-order valence-corrected chi connectivity index (χ0v) is 16.7. The Morgan fingerprint density at radius 1 is 0.871 bits per heavy atom. The first kappa shape index (κ1) is 18.8. The summed E-state index contributed by atoms with van der Waals surface area (Å²) in [6.45, 7) is 1.79. The van der Waals surface area contributed by atoms with Crippen molar-refractivity contribution in [2.45, 2.75) is 6.92 Å². The molecule has 2 heterocycles. The maximum Gasteiger partial charge on any atom is 0.274 e. The maximum atomic E-state index is 14.2. The summed E-state index contributed by atoms with van der Waals surface area (Å²) in [7, 11) is 0. The van der Waals surface area contributed by atoms with Crippen LogP contribution in [0.2, 0.25) is 0 Å². The molecule has 5 rings (SSSR count). The molecule has 0 amide bonds. The Labute approximate surface area is 177 Å². The van der Waals surface area contributed by atoms with Crippen LogP contribution in [0.1, 0.15) is 5.69 Å². The molecule has 0 aliphatic rings. The zero-order valence-electron chi connectivity index (χ0n) is 16.7. The van der Waals surface area contributed by atoms with Gasteiger partial charge in [-0.25, -0.2) is 4.39 Å². The molecule has 0 unspecified atom stereocenters. The van der Waals surface area contributed by atoms with Crippen molar-refractivity contribution >= 4 is 5.65 Å². The molecule has 31 heavy (non-hydrogen) atoms. The molecule has 0 atom stereocenters. The first-order valence-corrected chi connectivity index (χ1v) is 9.80. The summed E-state index contributed by atoms with van der Waals surface area (Å²) in [6.07, 6.45) is 0. The Balaban J connectivity index is 1.97. The number of halogens is 1. The molecule has 6 heteroatoms. The Bertz CT molecular complexity index is 1470. The number of phenolic OH excluding ortho intramolecular Hbond substituents is 1. The second-order valence-electron chi connectivity index (χ2n) is 7.29. The molecule has 5 aromatic rings. The van der Waals surface area contributed by atoms with Crippen LogP contribution in [0.25, 0.3) is 33.7 Å². The fourth-order valence-electron chi connectivity index (χ4n) is 3.87.